The highest BCUT2D eigenvalue weighted by atomic mass is 16.5. The normalized spacial score (nSPS) is 11.9. The Balaban J connectivity index is 2.41. The minimum atomic E-state index is -1.34. The maximum Gasteiger partial charge on any atom is 0.336 e. The number of ketones is 1. The van der Waals surface area contributed by atoms with E-state index in [1.807, 2.05) is 12.1 Å². The van der Waals surface area contributed by atoms with Gasteiger partial charge < -0.3 is 15.0 Å². The van der Waals surface area contributed by atoms with E-state index in [1.54, 1.807) is 12.1 Å². The number of esters is 1. The zero-order valence-corrected chi connectivity index (χ0v) is 11.1. The summed E-state index contributed by atoms with van der Waals surface area (Å²) in [6.07, 6.45) is 1.52. The third-order valence-corrected chi connectivity index (χ3v) is 2.90. The van der Waals surface area contributed by atoms with E-state index in [1.165, 1.54) is 20.2 Å². The molecule has 0 saturated carbocycles. The fourth-order valence-electron chi connectivity index (χ4n) is 1.98. The number of H-pyrrole nitrogens is 1. The Morgan fingerprint density at radius 3 is 2.60 bits per heavy atom. The van der Waals surface area contributed by atoms with Crippen LogP contribution in [0.25, 0.3) is 10.9 Å². The van der Waals surface area contributed by atoms with Crippen LogP contribution in [0.4, 0.5) is 0 Å². The van der Waals surface area contributed by atoms with Crippen LogP contribution in [0, 0.1) is 0 Å². The zero-order valence-electron chi connectivity index (χ0n) is 11.1. The van der Waals surface area contributed by atoms with Crippen molar-refractivity contribution in [3.05, 3.63) is 36.0 Å². The number of aromatic amines is 1. The van der Waals surface area contributed by atoms with E-state index >= 15 is 0 Å². The molecule has 2 N–H and O–H groups in total. The average Bonchev–Trinajstić information content (AvgIpc) is 2.87. The Kier molecular flexibility index (Phi) is 3.84. The zero-order chi connectivity index (χ0) is 14.7. The van der Waals surface area contributed by atoms with Gasteiger partial charge in [0.15, 0.2) is 11.8 Å². The summed E-state index contributed by atoms with van der Waals surface area (Å²) in [6, 6.07) is 5.87. The van der Waals surface area contributed by atoms with E-state index < -0.39 is 23.7 Å². The van der Waals surface area contributed by atoms with Gasteiger partial charge in [-0.3, -0.25) is 9.59 Å². The maximum absolute atomic E-state index is 12.4. The van der Waals surface area contributed by atoms with Crippen molar-refractivity contribution < 1.29 is 19.1 Å². The van der Waals surface area contributed by atoms with Crippen LogP contribution in [0.5, 0.6) is 0 Å². The SMILES string of the molecule is COC(=O)[C@@H](NC(C)=O)C(=O)c1c[nH]c2ccccc12. The molecule has 0 fully saturated rings. The Hall–Kier alpha value is -2.63. The summed E-state index contributed by atoms with van der Waals surface area (Å²) in [4.78, 5) is 38.2. The molecule has 0 aliphatic heterocycles. The number of amides is 1. The molecule has 1 aromatic heterocycles. The first kappa shape index (κ1) is 13.8. The molecule has 2 rings (SSSR count). The number of hydrogen-bond acceptors (Lipinski definition) is 4. The Morgan fingerprint density at radius 2 is 1.95 bits per heavy atom. The summed E-state index contributed by atoms with van der Waals surface area (Å²) in [6.45, 7) is 1.23. The fourth-order valence-corrected chi connectivity index (χ4v) is 1.98. The van der Waals surface area contributed by atoms with Gasteiger partial charge in [0.2, 0.25) is 5.91 Å². The first-order chi connectivity index (χ1) is 9.54. The van der Waals surface area contributed by atoms with E-state index in [2.05, 4.69) is 15.0 Å². The molecule has 2 aromatic rings. The van der Waals surface area contributed by atoms with Crippen LogP contribution in [0.1, 0.15) is 17.3 Å². The number of carbonyl (C=O) groups excluding carboxylic acids is 3. The molecule has 6 nitrogen and oxygen atoms in total. The highest BCUT2D eigenvalue weighted by Gasteiger charge is 2.30. The number of para-hydroxylation sites is 1. The van der Waals surface area contributed by atoms with Gasteiger partial charge in [-0.05, 0) is 6.07 Å². The monoisotopic (exact) mass is 274 g/mol. The van der Waals surface area contributed by atoms with Crippen molar-refractivity contribution in [1.82, 2.24) is 10.3 Å². The molecule has 6 heteroatoms. The maximum atomic E-state index is 12.4. The van der Waals surface area contributed by atoms with Crippen LogP contribution < -0.4 is 5.32 Å². The molecular formula is C14H14N2O4. The molecule has 1 amide bonds. The first-order valence-electron chi connectivity index (χ1n) is 6.00. The second-order valence-electron chi connectivity index (χ2n) is 4.27. The standard InChI is InChI=1S/C14H14N2O4/c1-8(17)16-12(14(19)20-2)13(18)10-7-15-11-6-4-3-5-9(10)11/h3-7,12,15H,1-2H3,(H,16,17)/t12-/m0/s1. The quantitative estimate of drug-likeness (QED) is 0.495. The number of fused-ring (bicyclic) bond motifs is 1. The molecule has 104 valence electrons. The molecule has 0 spiro atoms. The molecule has 1 heterocycles. The number of benzene rings is 1. The summed E-state index contributed by atoms with van der Waals surface area (Å²) in [5, 5.41) is 3.00. The lowest BCUT2D eigenvalue weighted by Crippen LogP contribution is -2.46. The van der Waals surface area contributed by atoms with Crippen molar-refractivity contribution in [2.24, 2.45) is 0 Å². The number of ether oxygens (including phenoxy) is 1. The number of rotatable bonds is 4. The van der Waals surface area contributed by atoms with Crippen molar-refractivity contribution in [3.8, 4) is 0 Å². The second-order valence-corrected chi connectivity index (χ2v) is 4.27. The van der Waals surface area contributed by atoms with E-state index in [-0.39, 0.29) is 0 Å². The highest BCUT2D eigenvalue weighted by molar-refractivity contribution is 6.18. The lowest BCUT2D eigenvalue weighted by atomic mass is 10.0. The van der Waals surface area contributed by atoms with Crippen molar-refractivity contribution in [2.75, 3.05) is 7.11 Å². The fraction of sp³-hybridized carbons (Fsp3) is 0.214. The average molecular weight is 274 g/mol. The number of nitrogens with one attached hydrogen (secondary N) is 2. The number of aromatic nitrogens is 1. The Morgan fingerprint density at radius 1 is 1.25 bits per heavy atom. The number of hydrogen-bond donors (Lipinski definition) is 2. The summed E-state index contributed by atoms with van der Waals surface area (Å²) < 4.78 is 4.56. The van der Waals surface area contributed by atoms with Crippen LogP contribution in [0.15, 0.2) is 30.5 Å². The van der Waals surface area contributed by atoms with Gasteiger partial charge in [0.25, 0.3) is 0 Å². The van der Waals surface area contributed by atoms with Gasteiger partial charge in [0.1, 0.15) is 0 Å². The predicted octanol–water partition coefficient (Wildman–Crippen LogP) is 1.03. The number of methoxy groups -OCH3 is 1. The molecule has 0 unspecified atom stereocenters. The summed E-state index contributed by atoms with van der Waals surface area (Å²) in [5.41, 5.74) is 1.12. The van der Waals surface area contributed by atoms with Crippen LogP contribution in [-0.4, -0.2) is 35.8 Å². The molecule has 0 aliphatic carbocycles. The van der Waals surface area contributed by atoms with Gasteiger partial charge in [-0.25, -0.2) is 4.79 Å². The summed E-state index contributed by atoms with van der Waals surface area (Å²) >= 11 is 0. The number of Topliss-reactive ketones (excluding diaryl/α,β-unsaturated/α-hetero) is 1. The van der Waals surface area contributed by atoms with E-state index in [0.717, 1.165) is 5.52 Å². The number of carbonyl (C=O) groups is 3. The lowest BCUT2D eigenvalue weighted by Gasteiger charge is -2.13. The molecular weight excluding hydrogens is 260 g/mol. The third-order valence-electron chi connectivity index (χ3n) is 2.90. The topological polar surface area (TPSA) is 88.3 Å². The van der Waals surface area contributed by atoms with Crippen LogP contribution in [-0.2, 0) is 14.3 Å². The summed E-state index contributed by atoms with van der Waals surface area (Å²) in [7, 11) is 1.17. The molecule has 0 saturated heterocycles. The minimum Gasteiger partial charge on any atom is -0.467 e. The Bertz CT molecular complexity index is 675. The van der Waals surface area contributed by atoms with Crippen LogP contribution >= 0.6 is 0 Å². The third kappa shape index (κ3) is 2.54. The van der Waals surface area contributed by atoms with E-state index in [0.29, 0.717) is 10.9 Å². The molecule has 1 aromatic carbocycles. The minimum absolute atomic E-state index is 0.338. The van der Waals surface area contributed by atoms with Gasteiger partial charge in [0.05, 0.1) is 7.11 Å². The lowest BCUT2D eigenvalue weighted by molar-refractivity contribution is -0.143. The molecule has 0 aliphatic rings. The van der Waals surface area contributed by atoms with Gasteiger partial charge in [-0.2, -0.15) is 0 Å². The predicted molar refractivity (Wildman–Crippen MR) is 72.2 cm³/mol. The van der Waals surface area contributed by atoms with Crippen molar-refractivity contribution in [1.29, 1.82) is 0 Å². The van der Waals surface area contributed by atoms with Gasteiger partial charge in [-0.1, -0.05) is 18.2 Å². The largest absolute Gasteiger partial charge is 0.467 e. The Labute approximate surface area is 115 Å². The smallest absolute Gasteiger partial charge is 0.336 e. The molecule has 0 radical (unpaired) electrons. The van der Waals surface area contributed by atoms with Crippen molar-refractivity contribution in [3.63, 3.8) is 0 Å². The van der Waals surface area contributed by atoms with E-state index in [9.17, 15) is 14.4 Å². The highest BCUT2D eigenvalue weighted by Crippen LogP contribution is 2.19. The molecule has 20 heavy (non-hydrogen) atoms. The van der Waals surface area contributed by atoms with E-state index in [4.69, 9.17) is 0 Å². The molecule has 1 atom stereocenters. The molecule has 0 bridgehead atoms. The first-order valence-corrected chi connectivity index (χ1v) is 6.00. The van der Waals surface area contributed by atoms with Gasteiger partial charge in [0, 0.05) is 29.6 Å². The van der Waals surface area contributed by atoms with Gasteiger partial charge in [-0.15, -0.1) is 0 Å². The van der Waals surface area contributed by atoms with Crippen molar-refractivity contribution in [2.45, 2.75) is 13.0 Å². The van der Waals surface area contributed by atoms with Crippen LogP contribution in [0.3, 0.4) is 0 Å². The van der Waals surface area contributed by atoms with Gasteiger partial charge >= 0.3 is 5.97 Å². The van der Waals surface area contributed by atoms with Crippen LogP contribution in [0.2, 0.25) is 0 Å². The summed E-state index contributed by atoms with van der Waals surface area (Å²) in [5.74, 6) is -1.78. The van der Waals surface area contributed by atoms with Crippen molar-refractivity contribution >= 4 is 28.6 Å². The second kappa shape index (κ2) is 5.56.